The van der Waals surface area contributed by atoms with Crippen molar-refractivity contribution in [2.45, 2.75) is 19.5 Å². The fourth-order valence-electron chi connectivity index (χ4n) is 1.72. The minimum atomic E-state index is -0.227. The van der Waals surface area contributed by atoms with Crippen LogP contribution in [0.3, 0.4) is 0 Å². The molecule has 0 aliphatic heterocycles. The van der Waals surface area contributed by atoms with Gasteiger partial charge in [-0.3, -0.25) is 0 Å². The zero-order chi connectivity index (χ0) is 14.4. The third kappa shape index (κ3) is 4.04. The maximum Gasteiger partial charge on any atom is 0.319 e. The van der Waals surface area contributed by atoms with E-state index in [2.05, 4.69) is 27.9 Å². The van der Waals surface area contributed by atoms with Crippen LogP contribution in [-0.2, 0) is 6.54 Å². The molecule has 0 fully saturated rings. The molecular weight excluding hydrogens is 272 g/mol. The van der Waals surface area contributed by atoms with E-state index in [9.17, 15) is 4.79 Å². The third-order valence-electron chi connectivity index (χ3n) is 2.96. The van der Waals surface area contributed by atoms with Crippen molar-refractivity contribution in [3.63, 3.8) is 0 Å². The fourth-order valence-corrected chi connectivity index (χ4v) is 2.28. The average molecular weight is 290 g/mol. The highest BCUT2D eigenvalue weighted by molar-refractivity contribution is 7.09. The average Bonchev–Trinajstić information content (AvgIpc) is 2.98. The zero-order valence-electron chi connectivity index (χ0n) is 11.5. The van der Waals surface area contributed by atoms with Gasteiger partial charge in [0.2, 0.25) is 0 Å². The van der Waals surface area contributed by atoms with Gasteiger partial charge in [-0.15, -0.1) is 11.3 Å². The number of nitrogens with zero attached hydrogens (tertiary/aromatic N) is 1. The Kier molecular flexibility index (Phi) is 5.09. The van der Waals surface area contributed by atoms with Crippen LogP contribution in [0.25, 0.3) is 0 Å². The molecule has 2 rings (SSSR count). The summed E-state index contributed by atoms with van der Waals surface area (Å²) in [5.74, 6) is 0. The summed E-state index contributed by atoms with van der Waals surface area (Å²) in [6.45, 7) is 2.51. The molecule has 106 valence electrons. The Balaban J connectivity index is 1.90. The maximum atomic E-state index is 11.8. The van der Waals surface area contributed by atoms with E-state index in [-0.39, 0.29) is 12.1 Å². The molecular formula is C14H18N4OS. The van der Waals surface area contributed by atoms with Gasteiger partial charge in [0.05, 0.1) is 6.54 Å². The number of aromatic nitrogens is 1. The SMILES string of the molecule is CNC(C)c1cccc(NC(=O)NCc2nccs2)c1. The number of thiazole rings is 1. The summed E-state index contributed by atoms with van der Waals surface area (Å²) in [6.07, 6.45) is 1.72. The van der Waals surface area contributed by atoms with E-state index in [0.29, 0.717) is 6.54 Å². The Morgan fingerprint density at radius 2 is 2.30 bits per heavy atom. The van der Waals surface area contributed by atoms with Gasteiger partial charge >= 0.3 is 6.03 Å². The number of carbonyl (C=O) groups excluding carboxylic acids is 1. The summed E-state index contributed by atoms with van der Waals surface area (Å²) in [6, 6.07) is 7.81. The van der Waals surface area contributed by atoms with Gasteiger partial charge in [-0.25, -0.2) is 9.78 Å². The lowest BCUT2D eigenvalue weighted by molar-refractivity contribution is 0.251. The Morgan fingerprint density at radius 3 is 3.00 bits per heavy atom. The molecule has 3 N–H and O–H groups in total. The second-order valence-corrected chi connectivity index (χ2v) is 5.35. The Labute approximate surface area is 122 Å². The first kappa shape index (κ1) is 14.5. The first-order valence-corrected chi connectivity index (χ1v) is 7.27. The molecule has 2 aromatic rings. The summed E-state index contributed by atoms with van der Waals surface area (Å²) in [4.78, 5) is 15.9. The van der Waals surface area contributed by atoms with Gasteiger partial charge in [0, 0.05) is 23.3 Å². The lowest BCUT2D eigenvalue weighted by Gasteiger charge is -2.12. The van der Waals surface area contributed by atoms with E-state index in [1.807, 2.05) is 36.7 Å². The Bertz CT molecular complexity index is 556. The zero-order valence-corrected chi connectivity index (χ0v) is 12.3. The van der Waals surface area contributed by atoms with Crippen LogP contribution in [0.1, 0.15) is 23.5 Å². The monoisotopic (exact) mass is 290 g/mol. The van der Waals surface area contributed by atoms with Crippen molar-refractivity contribution in [3.8, 4) is 0 Å². The van der Waals surface area contributed by atoms with Gasteiger partial charge < -0.3 is 16.0 Å². The largest absolute Gasteiger partial charge is 0.331 e. The third-order valence-corrected chi connectivity index (χ3v) is 3.74. The number of urea groups is 1. The van der Waals surface area contributed by atoms with Crippen LogP contribution < -0.4 is 16.0 Å². The van der Waals surface area contributed by atoms with Crippen LogP contribution in [0.4, 0.5) is 10.5 Å². The molecule has 0 saturated carbocycles. The van der Waals surface area contributed by atoms with Crippen LogP contribution in [0.5, 0.6) is 0 Å². The van der Waals surface area contributed by atoms with Crippen LogP contribution in [0.15, 0.2) is 35.8 Å². The summed E-state index contributed by atoms with van der Waals surface area (Å²) < 4.78 is 0. The molecule has 6 heteroatoms. The number of nitrogens with one attached hydrogen (secondary N) is 3. The first-order chi connectivity index (χ1) is 9.69. The predicted molar refractivity (Wildman–Crippen MR) is 81.9 cm³/mol. The minimum absolute atomic E-state index is 0.227. The van der Waals surface area contributed by atoms with Crippen LogP contribution in [-0.4, -0.2) is 18.1 Å². The lowest BCUT2D eigenvalue weighted by Crippen LogP contribution is -2.28. The molecule has 1 aromatic carbocycles. The van der Waals surface area contributed by atoms with Crippen molar-refractivity contribution in [2.75, 3.05) is 12.4 Å². The van der Waals surface area contributed by atoms with Crippen LogP contribution >= 0.6 is 11.3 Å². The molecule has 1 aromatic heterocycles. The molecule has 0 saturated heterocycles. The molecule has 2 amide bonds. The minimum Gasteiger partial charge on any atom is -0.331 e. The van der Waals surface area contributed by atoms with Crippen LogP contribution in [0.2, 0.25) is 0 Å². The summed E-state index contributed by atoms with van der Waals surface area (Å²) >= 11 is 1.52. The van der Waals surface area contributed by atoms with Gasteiger partial charge in [0.25, 0.3) is 0 Å². The number of hydrogen-bond acceptors (Lipinski definition) is 4. The number of hydrogen-bond donors (Lipinski definition) is 3. The van der Waals surface area contributed by atoms with E-state index in [4.69, 9.17) is 0 Å². The van der Waals surface area contributed by atoms with Crippen molar-refractivity contribution in [2.24, 2.45) is 0 Å². The Hall–Kier alpha value is -1.92. The molecule has 1 unspecified atom stereocenters. The van der Waals surface area contributed by atoms with E-state index >= 15 is 0 Å². The second kappa shape index (κ2) is 7.02. The number of carbonyl (C=O) groups is 1. The highest BCUT2D eigenvalue weighted by Gasteiger charge is 2.06. The van der Waals surface area contributed by atoms with E-state index < -0.39 is 0 Å². The van der Waals surface area contributed by atoms with E-state index in [1.54, 1.807) is 6.20 Å². The number of amides is 2. The van der Waals surface area contributed by atoms with Gasteiger partial charge in [0.1, 0.15) is 5.01 Å². The smallest absolute Gasteiger partial charge is 0.319 e. The topological polar surface area (TPSA) is 66.0 Å². The standard InChI is InChI=1S/C14H18N4OS/c1-10(15-2)11-4-3-5-12(8-11)18-14(19)17-9-13-16-6-7-20-13/h3-8,10,15H,9H2,1-2H3,(H2,17,18,19). The first-order valence-electron chi connectivity index (χ1n) is 6.39. The van der Waals surface area contributed by atoms with Crippen molar-refractivity contribution in [1.82, 2.24) is 15.6 Å². The lowest BCUT2D eigenvalue weighted by atomic mass is 10.1. The summed E-state index contributed by atoms with van der Waals surface area (Å²) in [7, 11) is 1.91. The van der Waals surface area contributed by atoms with Gasteiger partial charge in [-0.2, -0.15) is 0 Å². The summed E-state index contributed by atoms with van der Waals surface area (Å²) in [5, 5.41) is 11.5. The fraction of sp³-hybridized carbons (Fsp3) is 0.286. The molecule has 5 nitrogen and oxygen atoms in total. The van der Waals surface area contributed by atoms with Crippen molar-refractivity contribution >= 4 is 23.1 Å². The number of benzene rings is 1. The van der Waals surface area contributed by atoms with E-state index in [0.717, 1.165) is 16.3 Å². The molecule has 0 aliphatic carbocycles. The molecule has 0 radical (unpaired) electrons. The molecule has 1 atom stereocenters. The van der Waals surface area contributed by atoms with Crippen LogP contribution in [0, 0.1) is 0 Å². The molecule has 1 heterocycles. The Morgan fingerprint density at radius 1 is 1.45 bits per heavy atom. The van der Waals surface area contributed by atoms with Gasteiger partial charge in [0.15, 0.2) is 0 Å². The molecule has 0 bridgehead atoms. The van der Waals surface area contributed by atoms with Crippen molar-refractivity contribution < 1.29 is 4.79 Å². The highest BCUT2D eigenvalue weighted by Crippen LogP contribution is 2.16. The van der Waals surface area contributed by atoms with Crippen molar-refractivity contribution in [1.29, 1.82) is 0 Å². The van der Waals surface area contributed by atoms with Gasteiger partial charge in [-0.05, 0) is 31.7 Å². The van der Waals surface area contributed by atoms with E-state index in [1.165, 1.54) is 11.3 Å². The predicted octanol–water partition coefficient (Wildman–Crippen LogP) is 2.75. The normalized spacial score (nSPS) is 11.9. The number of anilines is 1. The van der Waals surface area contributed by atoms with Crippen molar-refractivity contribution in [3.05, 3.63) is 46.4 Å². The summed E-state index contributed by atoms with van der Waals surface area (Å²) in [5.41, 5.74) is 1.91. The highest BCUT2D eigenvalue weighted by atomic mass is 32.1. The number of rotatable bonds is 5. The maximum absolute atomic E-state index is 11.8. The van der Waals surface area contributed by atoms with Gasteiger partial charge in [-0.1, -0.05) is 12.1 Å². The molecule has 0 spiro atoms. The molecule has 20 heavy (non-hydrogen) atoms. The quantitative estimate of drug-likeness (QED) is 0.793. The second-order valence-electron chi connectivity index (χ2n) is 4.37. The molecule has 0 aliphatic rings.